The minimum Gasteiger partial charge on any atom is -0.464 e. The molecule has 5 heteroatoms. The minimum atomic E-state index is -0.520. The van der Waals surface area contributed by atoms with Crippen LogP contribution in [-0.4, -0.2) is 18.6 Å². The molecule has 0 saturated heterocycles. The predicted molar refractivity (Wildman–Crippen MR) is 59.9 cm³/mol. The van der Waals surface area contributed by atoms with Gasteiger partial charge < -0.3 is 4.74 Å². The molecule has 0 aliphatic carbocycles. The van der Waals surface area contributed by atoms with E-state index >= 15 is 0 Å². The quantitative estimate of drug-likeness (QED) is 0.542. The molecule has 0 saturated carbocycles. The van der Waals surface area contributed by atoms with Crippen molar-refractivity contribution in [3.63, 3.8) is 0 Å². The van der Waals surface area contributed by atoms with Gasteiger partial charge in [-0.15, -0.1) is 0 Å². The van der Waals surface area contributed by atoms with E-state index in [1.165, 1.54) is 0 Å². The van der Waals surface area contributed by atoms with Crippen LogP contribution in [-0.2, 0) is 14.1 Å². The van der Waals surface area contributed by atoms with E-state index in [2.05, 4.69) is 25.9 Å². The summed E-state index contributed by atoms with van der Waals surface area (Å²) in [5, 5.41) is 2.45. The Bertz CT molecular complexity index is 219. The second-order valence-electron chi connectivity index (χ2n) is 4.38. The molecule has 0 heterocycles. The van der Waals surface area contributed by atoms with Crippen molar-refractivity contribution in [2.24, 2.45) is 5.41 Å². The highest BCUT2D eigenvalue weighted by Gasteiger charge is 2.18. The van der Waals surface area contributed by atoms with Gasteiger partial charge >= 0.3 is 5.97 Å². The van der Waals surface area contributed by atoms with Crippen LogP contribution in [0.5, 0.6) is 0 Å². The molecule has 0 unspecified atom stereocenters. The smallest absolute Gasteiger partial charge is 0.323 e. The lowest BCUT2D eigenvalue weighted by molar-refractivity contribution is -0.145. The van der Waals surface area contributed by atoms with E-state index in [4.69, 9.17) is 4.74 Å². The van der Waals surface area contributed by atoms with Crippen LogP contribution < -0.4 is 5.09 Å². The average molecular weight is 233 g/mol. The maximum atomic E-state index is 11.3. The van der Waals surface area contributed by atoms with Gasteiger partial charge in [0.2, 0.25) is 8.61 Å². The molecular formula is C10H20NO3P. The van der Waals surface area contributed by atoms with Crippen molar-refractivity contribution in [1.29, 1.82) is 0 Å². The first-order valence-corrected chi connectivity index (χ1v) is 5.98. The van der Waals surface area contributed by atoms with E-state index in [0.29, 0.717) is 6.61 Å². The Kier molecular flexibility index (Phi) is 6.70. The van der Waals surface area contributed by atoms with Gasteiger partial charge in [0.15, 0.2) is 0 Å². The Morgan fingerprint density at radius 2 is 2.13 bits per heavy atom. The molecule has 0 radical (unpaired) electrons. The summed E-state index contributed by atoms with van der Waals surface area (Å²) in [4.78, 5) is 11.3. The Morgan fingerprint density at radius 1 is 1.53 bits per heavy atom. The van der Waals surface area contributed by atoms with Crippen LogP contribution in [0.2, 0.25) is 0 Å². The highest BCUT2D eigenvalue weighted by Crippen LogP contribution is 2.23. The first-order valence-electron chi connectivity index (χ1n) is 5.17. The van der Waals surface area contributed by atoms with Crippen LogP contribution in [0.4, 0.5) is 0 Å². The summed E-state index contributed by atoms with van der Waals surface area (Å²) in [7, 11) is -0.247. The zero-order valence-electron chi connectivity index (χ0n) is 9.87. The molecule has 1 atom stereocenters. The molecular weight excluding hydrogens is 213 g/mol. The van der Waals surface area contributed by atoms with Crippen molar-refractivity contribution in [2.75, 3.05) is 6.61 Å². The topological polar surface area (TPSA) is 55.4 Å². The largest absolute Gasteiger partial charge is 0.464 e. The molecule has 1 N–H and O–H groups in total. The van der Waals surface area contributed by atoms with Crippen LogP contribution >= 0.6 is 8.61 Å². The van der Waals surface area contributed by atoms with Gasteiger partial charge in [0.05, 0.1) is 6.61 Å². The van der Waals surface area contributed by atoms with Crippen LogP contribution in [0.1, 0.15) is 40.5 Å². The molecule has 0 aliphatic rings. The molecule has 0 rings (SSSR count). The van der Waals surface area contributed by atoms with Crippen molar-refractivity contribution in [3.05, 3.63) is 0 Å². The SMILES string of the molecule is CCC(C)(C)CCOC(=O)[C@H](C)NP=O. The highest BCUT2D eigenvalue weighted by atomic mass is 31.1. The van der Waals surface area contributed by atoms with Gasteiger partial charge in [0.1, 0.15) is 6.04 Å². The molecule has 4 nitrogen and oxygen atoms in total. The maximum absolute atomic E-state index is 11.3. The Morgan fingerprint density at radius 3 is 2.60 bits per heavy atom. The minimum absolute atomic E-state index is 0.202. The maximum Gasteiger partial charge on any atom is 0.323 e. The van der Waals surface area contributed by atoms with Crippen molar-refractivity contribution < 1.29 is 14.1 Å². The molecule has 0 amide bonds. The van der Waals surface area contributed by atoms with Gasteiger partial charge in [-0.25, -0.2) is 5.09 Å². The van der Waals surface area contributed by atoms with Crippen molar-refractivity contribution in [2.45, 2.75) is 46.6 Å². The second kappa shape index (κ2) is 6.91. The number of rotatable bonds is 7. The molecule has 15 heavy (non-hydrogen) atoms. The first kappa shape index (κ1) is 14.5. The Labute approximate surface area is 93.0 Å². The van der Waals surface area contributed by atoms with E-state index < -0.39 is 6.04 Å². The normalized spacial score (nSPS) is 13.9. The summed E-state index contributed by atoms with van der Waals surface area (Å²) in [5.41, 5.74) is 0.202. The molecule has 0 aromatic rings. The van der Waals surface area contributed by atoms with Crippen LogP contribution in [0.15, 0.2) is 0 Å². The highest BCUT2D eigenvalue weighted by molar-refractivity contribution is 7.21. The third kappa shape index (κ3) is 6.58. The third-order valence-corrected chi connectivity index (χ3v) is 3.07. The third-order valence-electron chi connectivity index (χ3n) is 2.58. The van der Waals surface area contributed by atoms with Crippen LogP contribution in [0.3, 0.4) is 0 Å². The number of carbonyl (C=O) groups excluding carboxylic acids is 1. The number of nitrogens with one attached hydrogen (secondary N) is 1. The fourth-order valence-electron chi connectivity index (χ4n) is 0.861. The molecule has 88 valence electrons. The summed E-state index contributed by atoms with van der Waals surface area (Å²) in [6.45, 7) is 8.43. The van der Waals surface area contributed by atoms with Crippen molar-refractivity contribution in [1.82, 2.24) is 5.09 Å². The molecule has 0 aromatic heterocycles. The van der Waals surface area contributed by atoms with Gasteiger partial charge in [-0.1, -0.05) is 27.2 Å². The number of ether oxygens (including phenoxy) is 1. The van der Waals surface area contributed by atoms with E-state index in [0.717, 1.165) is 12.8 Å². The van der Waals surface area contributed by atoms with E-state index in [9.17, 15) is 9.36 Å². The van der Waals surface area contributed by atoms with Crippen LogP contribution in [0.25, 0.3) is 0 Å². The predicted octanol–water partition coefficient (Wildman–Crippen LogP) is 2.54. The second-order valence-corrected chi connectivity index (χ2v) is 4.82. The fraction of sp³-hybridized carbons (Fsp3) is 0.900. The molecule has 0 aromatic carbocycles. The number of hydrogen-bond acceptors (Lipinski definition) is 3. The lowest BCUT2D eigenvalue weighted by atomic mass is 9.87. The summed E-state index contributed by atoms with van der Waals surface area (Å²) in [6, 6.07) is -0.520. The van der Waals surface area contributed by atoms with Gasteiger partial charge in [0, 0.05) is 0 Å². The zero-order valence-corrected chi connectivity index (χ0v) is 10.8. The molecule has 0 fully saturated rings. The van der Waals surface area contributed by atoms with Gasteiger partial charge in [0.25, 0.3) is 0 Å². The van der Waals surface area contributed by atoms with Crippen molar-refractivity contribution in [3.8, 4) is 0 Å². The fourth-order valence-corrected chi connectivity index (χ4v) is 1.12. The van der Waals surface area contributed by atoms with Gasteiger partial charge in [-0.2, -0.15) is 0 Å². The lowest BCUT2D eigenvalue weighted by Gasteiger charge is -2.22. The molecule has 0 aliphatic heterocycles. The van der Waals surface area contributed by atoms with E-state index in [-0.39, 0.29) is 20.0 Å². The summed E-state index contributed by atoms with van der Waals surface area (Å²) < 4.78 is 15.2. The molecule has 0 bridgehead atoms. The Hall–Kier alpha value is -0.470. The van der Waals surface area contributed by atoms with E-state index in [1.54, 1.807) is 6.92 Å². The van der Waals surface area contributed by atoms with Crippen molar-refractivity contribution >= 4 is 14.6 Å². The Balaban J connectivity index is 3.77. The summed E-state index contributed by atoms with van der Waals surface area (Å²) in [5.74, 6) is -0.356. The number of esters is 1. The van der Waals surface area contributed by atoms with Gasteiger partial charge in [-0.3, -0.25) is 9.36 Å². The lowest BCUT2D eigenvalue weighted by Crippen LogP contribution is -2.30. The van der Waals surface area contributed by atoms with E-state index in [1.807, 2.05) is 0 Å². The number of carbonyl (C=O) groups is 1. The average Bonchev–Trinajstić information content (AvgIpc) is 2.18. The number of hydrogen-bond donors (Lipinski definition) is 1. The molecule has 0 spiro atoms. The standard InChI is InChI=1S/C10H20NO3P/c1-5-10(3,4)6-7-14-9(12)8(2)11-15-13/h8H,5-7H2,1-4H3,(H,11,13)/t8-/m0/s1. The van der Waals surface area contributed by atoms with Crippen LogP contribution in [0, 0.1) is 5.41 Å². The zero-order chi connectivity index (χ0) is 11.9. The van der Waals surface area contributed by atoms with Gasteiger partial charge in [-0.05, 0) is 18.8 Å². The summed E-state index contributed by atoms with van der Waals surface area (Å²) in [6.07, 6.45) is 1.90. The first-order chi connectivity index (χ1) is 6.93. The monoisotopic (exact) mass is 233 g/mol. The summed E-state index contributed by atoms with van der Waals surface area (Å²) >= 11 is 0.